The Hall–Kier alpha value is -1.81. The Balaban J connectivity index is 1.57. The standard InChI is InChI=1S/C16H20N2O2/c19-16(17-14-6-2-3-7-14)12-18-9-10-20-15-8-4-1-5-13(15)11-18/h1-2,4-6,8,14H,3,7,9-12H2,(H,17,19). The maximum Gasteiger partial charge on any atom is 0.234 e. The molecule has 1 aromatic rings. The van der Waals surface area contributed by atoms with Crippen molar-refractivity contribution in [2.45, 2.75) is 25.4 Å². The summed E-state index contributed by atoms with van der Waals surface area (Å²) in [5, 5.41) is 3.06. The van der Waals surface area contributed by atoms with Gasteiger partial charge in [0.05, 0.1) is 6.54 Å². The van der Waals surface area contributed by atoms with Gasteiger partial charge in [-0.2, -0.15) is 0 Å². The first-order valence-corrected chi connectivity index (χ1v) is 7.20. The normalized spacial score (nSPS) is 21.9. The molecule has 4 heteroatoms. The zero-order valence-corrected chi connectivity index (χ0v) is 11.5. The van der Waals surface area contributed by atoms with Gasteiger partial charge in [0, 0.05) is 24.7 Å². The van der Waals surface area contributed by atoms with E-state index in [1.165, 1.54) is 0 Å². The molecule has 2 aliphatic rings. The summed E-state index contributed by atoms with van der Waals surface area (Å²) in [7, 11) is 0. The van der Waals surface area contributed by atoms with E-state index in [0.29, 0.717) is 13.2 Å². The second-order valence-corrected chi connectivity index (χ2v) is 5.35. The largest absolute Gasteiger partial charge is 0.492 e. The maximum absolute atomic E-state index is 12.1. The molecular weight excluding hydrogens is 252 g/mol. The molecule has 4 nitrogen and oxygen atoms in total. The van der Waals surface area contributed by atoms with Crippen LogP contribution in [0.3, 0.4) is 0 Å². The molecule has 0 bridgehead atoms. The van der Waals surface area contributed by atoms with E-state index in [-0.39, 0.29) is 11.9 Å². The quantitative estimate of drug-likeness (QED) is 0.852. The second kappa shape index (κ2) is 6.09. The molecule has 20 heavy (non-hydrogen) atoms. The van der Waals surface area contributed by atoms with Crippen LogP contribution in [0.4, 0.5) is 0 Å². The third-order valence-corrected chi connectivity index (χ3v) is 3.76. The predicted molar refractivity (Wildman–Crippen MR) is 77.5 cm³/mol. The third-order valence-electron chi connectivity index (χ3n) is 3.76. The zero-order chi connectivity index (χ0) is 13.8. The molecule has 1 aromatic carbocycles. The van der Waals surface area contributed by atoms with Crippen LogP contribution in [0.1, 0.15) is 18.4 Å². The Kier molecular flexibility index (Phi) is 4.02. The molecule has 0 radical (unpaired) electrons. The van der Waals surface area contributed by atoms with Crippen LogP contribution < -0.4 is 10.1 Å². The fourth-order valence-corrected chi connectivity index (χ4v) is 2.72. The van der Waals surface area contributed by atoms with Gasteiger partial charge in [-0.1, -0.05) is 30.4 Å². The highest BCUT2D eigenvalue weighted by Gasteiger charge is 2.19. The Labute approximate surface area is 119 Å². The lowest BCUT2D eigenvalue weighted by Gasteiger charge is -2.20. The average Bonchev–Trinajstić information content (AvgIpc) is 2.85. The van der Waals surface area contributed by atoms with Crippen molar-refractivity contribution in [3.63, 3.8) is 0 Å². The Morgan fingerprint density at radius 3 is 3.15 bits per heavy atom. The van der Waals surface area contributed by atoms with Crippen molar-refractivity contribution in [3.8, 4) is 5.75 Å². The summed E-state index contributed by atoms with van der Waals surface area (Å²) in [5.74, 6) is 1.04. The van der Waals surface area contributed by atoms with Gasteiger partial charge in [0.15, 0.2) is 0 Å². The number of amides is 1. The maximum atomic E-state index is 12.1. The summed E-state index contributed by atoms with van der Waals surface area (Å²) in [6, 6.07) is 8.26. The molecule has 1 amide bonds. The highest BCUT2D eigenvalue weighted by molar-refractivity contribution is 5.78. The van der Waals surface area contributed by atoms with Crippen molar-refractivity contribution in [2.75, 3.05) is 19.7 Å². The number of hydrogen-bond acceptors (Lipinski definition) is 3. The molecular formula is C16H20N2O2. The summed E-state index contributed by atoms with van der Waals surface area (Å²) in [5.41, 5.74) is 1.15. The van der Waals surface area contributed by atoms with Gasteiger partial charge in [-0.15, -0.1) is 0 Å². The molecule has 1 N–H and O–H groups in total. The van der Waals surface area contributed by atoms with Crippen LogP contribution in [-0.4, -0.2) is 36.5 Å². The number of benzene rings is 1. The lowest BCUT2D eigenvalue weighted by molar-refractivity contribution is -0.122. The fourth-order valence-electron chi connectivity index (χ4n) is 2.72. The van der Waals surface area contributed by atoms with Crippen LogP contribution in [0.25, 0.3) is 0 Å². The second-order valence-electron chi connectivity index (χ2n) is 5.35. The smallest absolute Gasteiger partial charge is 0.234 e. The van der Waals surface area contributed by atoms with Crippen molar-refractivity contribution < 1.29 is 9.53 Å². The molecule has 0 fully saturated rings. The van der Waals surface area contributed by atoms with Crippen LogP contribution >= 0.6 is 0 Å². The van der Waals surface area contributed by atoms with E-state index in [1.807, 2.05) is 18.2 Å². The molecule has 3 rings (SSSR count). The molecule has 1 unspecified atom stereocenters. The van der Waals surface area contributed by atoms with Gasteiger partial charge in [0.1, 0.15) is 12.4 Å². The molecule has 1 aliphatic heterocycles. The van der Waals surface area contributed by atoms with Crippen LogP contribution in [0.2, 0.25) is 0 Å². The number of rotatable bonds is 3. The summed E-state index contributed by atoms with van der Waals surface area (Å²) >= 11 is 0. The van der Waals surface area contributed by atoms with Gasteiger partial charge in [0.2, 0.25) is 5.91 Å². The van der Waals surface area contributed by atoms with Crippen LogP contribution in [0.15, 0.2) is 36.4 Å². The number of carbonyl (C=O) groups excluding carboxylic acids is 1. The van der Waals surface area contributed by atoms with Crippen molar-refractivity contribution in [1.29, 1.82) is 0 Å². The SMILES string of the molecule is O=C(CN1CCOc2ccccc2C1)NC1C=CCC1. The first kappa shape index (κ1) is 13.2. The summed E-state index contributed by atoms with van der Waals surface area (Å²) in [4.78, 5) is 14.2. The minimum Gasteiger partial charge on any atom is -0.492 e. The highest BCUT2D eigenvalue weighted by Crippen LogP contribution is 2.22. The third kappa shape index (κ3) is 3.20. The number of carbonyl (C=O) groups is 1. The number of nitrogens with one attached hydrogen (secondary N) is 1. The Morgan fingerprint density at radius 2 is 2.30 bits per heavy atom. The van der Waals surface area contributed by atoms with Crippen molar-refractivity contribution in [1.82, 2.24) is 10.2 Å². The van der Waals surface area contributed by atoms with Gasteiger partial charge in [-0.3, -0.25) is 9.69 Å². The predicted octanol–water partition coefficient (Wildman–Crippen LogP) is 1.72. The molecule has 0 saturated carbocycles. The van der Waals surface area contributed by atoms with Crippen molar-refractivity contribution >= 4 is 5.91 Å². The van der Waals surface area contributed by atoms with E-state index < -0.39 is 0 Å². The lowest BCUT2D eigenvalue weighted by Crippen LogP contribution is -2.41. The molecule has 0 aromatic heterocycles. The average molecular weight is 272 g/mol. The summed E-state index contributed by atoms with van der Waals surface area (Å²) in [6.45, 7) is 2.61. The number of hydrogen-bond donors (Lipinski definition) is 1. The van der Waals surface area contributed by atoms with Gasteiger partial charge >= 0.3 is 0 Å². The van der Waals surface area contributed by atoms with E-state index >= 15 is 0 Å². The first-order chi connectivity index (χ1) is 9.81. The van der Waals surface area contributed by atoms with Gasteiger partial charge in [0.25, 0.3) is 0 Å². The lowest BCUT2D eigenvalue weighted by atomic mass is 10.2. The molecule has 1 atom stereocenters. The van der Waals surface area contributed by atoms with Crippen LogP contribution in [0.5, 0.6) is 5.75 Å². The molecule has 0 spiro atoms. The number of nitrogens with zero attached hydrogens (tertiary/aromatic N) is 1. The van der Waals surface area contributed by atoms with Crippen molar-refractivity contribution in [2.24, 2.45) is 0 Å². The Bertz CT molecular complexity index is 513. The van der Waals surface area contributed by atoms with E-state index in [4.69, 9.17) is 4.74 Å². The van der Waals surface area contributed by atoms with Gasteiger partial charge < -0.3 is 10.1 Å². The minimum atomic E-state index is 0.0981. The van der Waals surface area contributed by atoms with Crippen LogP contribution in [-0.2, 0) is 11.3 Å². The molecule has 1 aliphatic carbocycles. The monoisotopic (exact) mass is 272 g/mol. The van der Waals surface area contributed by atoms with E-state index in [0.717, 1.165) is 37.2 Å². The number of fused-ring (bicyclic) bond motifs is 1. The first-order valence-electron chi connectivity index (χ1n) is 7.20. The molecule has 0 saturated heterocycles. The number of allylic oxidation sites excluding steroid dienone is 1. The molecule has 1 heterocycles. The van der Waals surface area contributed by atoms with Gasteiger partial charge in [-0.05, 0) is 18.9 Å². The van der Waals surface area contributed by atoms with Crippen LogP contribution in [0, 0.1) is 0 Å². The highest BCUT2D eigenvalue weighted by atomic mass is 16.5. The van der Waals surface area contributed by atoms with E-state index in [1.54, 1.807) is 0 Å². The zero-order valence-electron chi connectivity index (χ0n) is 11.5. The number of ether oxygens (including phenoxy) is 1. The Morgan fingerprint density at radius 1 is 1.40 bits per heavy atom. The van der Waals surface area contributed by atoms with E-state index in [2.05, 4.69) is 28.4 Å². The molecule has 106 valence electrons. The fraction of sp³-hybridized carbons (Fsp3) is 0.438. The van der Waals surface area contributed by atoms with Crippen molar-refractivity contribution in [3.05, 3.63) is 42.0 Å². The summed E-state index contributed by atoms with van der Waals surface area (Å²) < 4.78 is 5.71. The number of para-hydroxylation sites is 1. The topological polar surface area (TPSA) is 41.6 Å². The minimum absolute atomic E-state index is 0.0981. The van der Waals surface area contributed by atoms with E-state index in [9.17, 15) is 4.79 Å². The van der Waals surface area contributed by atoms with Gasteiger partial charge in [-0.25, -0.2) is 0 Å². The summed E-state index contributed by atoms with van der Waals surface area (Å²) in [6.07, 6.45) is 6.30.